The van der Waals surface area contributed by atoms with Crippen LogP contribution >= 0.6 is 0 Å². The largest absolute Gasteiger partial charge is 0.465 e. The smallest absolute Gasteiger partial charge is 0.337 e. The Balaban J connectivity index is 1.77. The summed E-state index contributed by atoms with van der Waals surface area (Å²) in [6, 6.07) is 5.67. The van der Waals surface area contributed by atoms with E-state index in [1.54, 1.807) is 0 Å². The van der Waals surface area contributed by atoms with Crippen LogP contribution in [0.5, 0.6) is 0 Å². The first kappa shape index (κ1) is 16.5. The fourth-order valence-corrected chi connectivity index (χ4v) is 2.10. The number of hydrogen-bond donors (Lipinski definition) is 2. The lowest BCUT2D eigenvalue weighted by Gasteiger charge is -2.12. The first-order valence-electron chi connectivity index (χ1n) is 7.07. The van der Waals surface area contributed by atoms with Crippen molar-refractivity contribution in [1.82, 2.24) is 15.5 Å². The number of carbonyl (C=O) groups excluding carboxylic acids is 4. The number of imide groups is 1. The van der Waals surface area contributed by atoms with Crippen LogP contribution in [-0.2, 0) is 9.53 Å². The second-order valence-corrected chi connectivity index (χ2v) is 4.88. The molecule has 2 rings (SSSR count). The molecule has 1 fully saturated rings. The third kappa shape index (κ3) is 4.06. The van der Waals surface area contributed by atoms with Crippen LogP contribution in [0.4, 0.5) is 4.79 Å². The summed E-state index contributed by atoms with van der Waals surface area (Å²) in [5.41, 5.74) is 0.773. The number of nitrogens with zero attached hydrogens (tertiary/aromatic N) is 1. The van der Waals surface area contributed by atoms with Crippen LogP contribution in [0.25, 0.3) is 0 Å². The summed E-state index contributed by atoms with van der Waals surface area (Å²) in [6.45, 7) is 0.610. The molecule has 1 heterocycles. The predicted octanol–water partition coefficient (Wildman–Crippen LogP) is 0.145. The monoisotopic (exact) mass is 319 g/mol. The van der Waals surface area contributed by atoms with Crippen molar-refractivity contribution in [2.45, 2.75) is 6.42 Å². The maximum absolute atomic E-state index is 11.9. The number of hydrogen-bond acceptors (Lipinski definition) is 5. The van der Waals surface area contributed by atoms with Gasteiger partial charge in [0.1, 0.15) is 0 Å². The summed E-state index contributed by atoms with van der Waals surface area (Å²) in [7, 11) is 1.29. The number of rotatable bonds is 6. The average Bonchev–Trinajstić information content (AvgIpc) is 2.89. The summed E-state index contributed by atoms with van der Waals surface area (Å²) in [5.74, 6) is -1.02. The molecule has 0 aromatic heterocycles. The van der Waals surface area contributed by atoms with Gasteiger partial charge in [-0.05, 0) is 30.7 Å². The lowest BCUT2D eigenvalue weighted by Crippen LogP contribution is -2.34. The van der Waals surface area contributed by atoms with Crippen LogP contribution in [0, 0.1) is 0 Å². The number of carbonyl (C=O) groups is 4. The number of methoxy groups -OCH3 is 1. The van der Waals surface area contributed by atoms with Crippen molar-refractivity contribution >= 4 is 23.8 Å². The number of nitrogens with one attached hydrogen (secondary N) is 2. The average molecular weight is 319 g/mol. The number of urea groups is 1. The van der Waals surface area contributed by atoms with E-state index in [0.717, 1.165) is 4.90 Å². The molecule has 1 aromatic rings. The Morgan fingerprint density at radius 3 is 2.43 bits per heavy atom. The lowest BCUT2D eigenvalue weighted by atomic mass is 10.1. The number of benzene rings is 1. The van der Waals surface area contributed by atoms with Crippen LogP contribution in [0.1, 0.15) is 27.1 Å². The highest BCUT2D eigenvalue weighted by atomic mass is 16.5. The van der Waals surface area contributed by atoms with Crippen LogP contribution in [0.2, 0.25) is 0 Å². The van der Waals surface area contributed by atoms with E-state index < -0.39 is 12.0 Å². The summed E-state index contributed by atoms with van der Waals surface area (Å²) >= 11 is 0. The molecule has 0 atom stereocenters. The minimum absolute atomic E-state index is 0.0255. The van der Waals surface area contributed by atoms with Gasteiger partial charge in [0, 0.05) is 18.7 Å². The van der Waals surface area contributed by atoms with Gasteiger partial charge < -0.3 is 15.4 Å². The zero-order chi connectivity index (χ0) is 16.8. The Morgan fingerprint density at radius 1 is 1.22 bits per heavy atom. The highest BCUT2D eigenvalue weighted by molar-refractivity contribution is 6.02. The molecule has 0 spiro atoms. The van der Waals surface area contributed by atoms with Crippen molar-refractivity contribution in [1.29, 1.82) is 0 Å². The second-order valence-electron chi connectivity index (χ2n) is 4.88. The number of esters is 1. The number of amides is 4. The lowest BCUT2D eigenvalue weighted by molar-refractivity contribution is -0.125. The van der Waals surface area contributed by atoms with Crippen LogP contribution in [0.15, 0.2) is 24.3 Å². The molecule has 0 aliphatic carbocycles. The fraction of sp³-hybridized carbons (Fsp3) is 0.333. The van der Waals surface area contributed by atoms with E-state index in [0.29, 0.717) is 24.1 Å². The zero-order valence-electron chi connectivity index (χ0n) is 12.6. The van der Waals surface area contributed by atoms with Gasteiger partial charge in [-0.3, -0.25) is 14.5 Å². The topological polar surface area (TPSA) is 105 Å². The van der Waals surface area contributed by atoms with Crippen molar-refractivity contribution in [3.05, 3.63) is 35.4 Å². The van der Waals surface area contributed by atoms with Crippen molar-refractivity contribution in [3.8, 4) is 0 Å². The SMILES string of the molecule is COC(=O)c1ccc(C(=O)NCCCN2C(=O)CNC2=O)cc1. The van der Waals surface area contributed by atoms with E-state index in [1.165, 1.54) is 31.4 Å². The van der Waals surface area contributed by atoms with Crippen molar-refractivity contribution in [2.75, 3.05) is 26.7 Å². The van der Waals surface area contributed by atoms with E-state index in [4.69, 9.17) is 0 Å². The molecule has 4 amide bonds. The Hall–Kier alpha value is -2.90. The molecular formula is C15H17N3O5. The van der Waals surface area contributed by atoms with Gasteiger partial charge in [0.05, 0.1) is 19.2 Å². The van der Waals surface area contributed by atoms with E-state index in [2.05, 4.69) is 15.4 Å². The maximum atomic E-state index is 11.9. The van der Waals surface area contributed by atoms with Gasteiger partial charge in [0.25, 0.3) is 5.91 Å². The van der Waals surface area contributed by atoms with Gasteiger partial charge >= 0.3 is 12.0 Å². The summed E-state index contributed by atoms with van der Waals surface area (Å²) < 4.78 is 4.58. The van der Waals surface area contributed by atoms with Gasteiger partial charge in [-0.15, -0.1) is 0 Å². The molecule has 8 nitrogen and oxygen atoms in total. The molecule has 23 heavy (non-hydrogen) atoms. The molecule has 0 unspecified atom stereocenters. The molecule has 122 valence electrons. The van der Waals surface area contributed by atoms with Crippen molar-refractivity contribution in [3.63, 3.8) is 0 Å². The fourth-order valence-electron chi connectivity index (χ4n) is 2.10. The Morgan fingerprint density at radius 2 is 1.87 bits per heavy atom. The molecule has 0 bridgehead atoms. The minimum atomic E-state index is -0.467. The Labute approximate surface area is 132 Å². The van der Waals surface area contributed by atoms with E-state index >= 15 is 0 Å². The third-order valence-corrected chi connectivity index (χ3v) is 3.35. The van der Waals surface area contributed by atoms with Crippen LogP contribution in [0.3, 0.4) is 0 Å². The van der Waals surface area contributed by atoms with Crippen LogP contribution < -0.4 is 10.6 Å². The van der Waals surface area contributed by atoms with Crippen molar-refractivity contribution < 1.29 is 23.9 Å². The molecule has 1 aliphatic rings. The maximum Gasteiger partial charge on any atom is 0.337 e. The Bertz CT molecular complexity index is 611. The summed E-state index contributed by atoms with van der Waals surface area (Å²) in [4.78, 5) is 47.0. The van der Waals surface area contributed by atoms with Gasteiger partial charge in [0.15, 0.2) is 0 Å². The summed E-state index contributed by atoms with van der Waals surface area (Å²) in [5, 5.41) is 5.12. The van der Waals surface area contributed by atoms with E-state index in [1.807, 2.05) is 0 Å². The molecule has 1 aliphatic heterocycles. The molecule has 1 saturated heterocycles. The Kier molecular flexibility index (Phi) is 5.29. The van der Waals surface area contributed by atoms with Gasteiger partial charge in [-0.2, -0.15) is 0 Å². The van der Waals surface area contributed by atoms with E-state index in [-0.39, 0.29) is 24.9 Å². The quantitative estimate of drug-likeness (QED) is 0.441. The zero-order valence-corrected chi connectivity index (χ0v) is 12.6. The van der Waals surface area contributed by atoms with E-state index in [9.17, 15) is 19.2 Å². The van der Waals surface area contributed by atoms with Gasteiger partial charge in [0.2, 0.25) is 5.91 Å². The molecular weight excluding hydrogens is 302 g/mol. The number of ether oxygens (including phenoxy) is 1. The summed E-state index contributed by atoms with van der Waals surface area (Å²) in [6.07, 6.45) is 0.463. The predicted molar refractivity (Wildman–Crippen MR) is 79.8 cm³/mol. The third-order valence-electron chi connectivity index (χ3n) is 3.35. The van der Waals surface area contributed by atoms with Gasteiger partial charge in [-0.25, -0.2) is 9.59 Å². The molecule has 1 aromatic carbocycles. The van der Waals surface area contributed by atoms with Crippen molar-refractivity contribution in [2.24, 2.45) is 0 Å². The second kappa shape index (κ2) is 7.39. The molecule has 0 radical (unpaired) electrons. The highest BCUT2D eigenvalue weighted by Crippen LogP contribution is 2.06. The molecule has 0 saturated carbocycles. The molecule has 2 N–H and O–H groups in total. The highest BCUT2D eigenvalue weighted by Gasteiger charge is 2.27. The minimum Gasteiger partial charge on any atom is -0.465 e. The van der Waals surface area contributed by atoms with Crippen LogP contribution in [-0.4, -0.2) is 55.5 Å². The first-order valence-corrected chi connectivity index (χ1v) is 7.07. The van der Waals surface area contributed by atoms with Gasteiger partial charge in [-0.1, -0.05) is 0 Å². The standard InChI is InChI=1S/C15H17N3O5/c1-23-14(21)11-5-3-10(4-6-11)13(20)16-7-2-8-18-12(19)9-17-15(18)22/h3-6H,2,7-9H2,1H3,(H,16,20)(H,17,22). The first-order chi connectivity index (χ1) is 11.0. The molecule has 8 heteroatoms. The normalized spacial score (nSPS) is 13.7.